The quantitative estimate of drug-likeness (QED) is 0.649. The Labute approximate surface area is 114 Å². The van der Waals surface area contributed by atoms with E-state index in [2.05, 4.69) is 34.1 Å². The summed E-state index contributed by atoms with van der Waals surface area (Å²) in [5.74, 6) is 0. The molecule has 1 heterocycles. The minimum Gasteiger partial charge on any atom is -0.378 e. The molecule has 0 atom stereocenters. The first kappa shape index (κ1) is 13.1. The number of para-hydroxylation sites is 2. The molecule has 0 saturated carbocycles. The van der Waals surface area contributed by atoms with Crippen LogP contribution < -0.4 is 4.90 Å². The fourth-order valence-electron chi connectivity index (χ4n) is 1.74. The lowest BCUT2D eigenvalue weighted by atomic mass is 10.2. The highest BCUT2D eigenvalue weighted by Gasteiger charge is 1.88. The van der Waals surface area contributed by atoms with Crippen LogP contribution in [0.3, 0.4) is 0 Å². The van der Waals surface area contributed by atoms with Crippen molar-refractivity contribution in [3.05, 3.63) is 72.9 Å². The SMILES string of the molecule is CN(C)c1ccccc1.c1ccc2ncccc2c1. The van der Waals surface area contributed by atoms with Gasteiger partial charge in [0, 0.05) is 31.4 Å². The third-order valence-corrected chi connectivity index (χ3v) is 2.78. The zero-order valence-corrected chi connectivity index (χ0v) is 11.3. The van der Waals surface area contributed by atoms with E-state index >= 15 is 0 Å². The van der Waals surface area contributed by atoms with Gasteiger partial charge in [0.25, 0.3) is 0 Å². The van der Waals surface area contributed by atoms with Crippen LogP contribution in [-0.2, 0) is 0 Å². The van der Waals surface area contributed by atoms with Gasteiger partial charge in [0.15, 0.2) is 0 Å². The minimum absolute atomic E-state index is 1.06. The summed E-state index contributed by atoms with van der Waals surface area (Å²) >= 11 is 0. The van der Waals surface area contributed by atoms with Crippen LogP contribution in [0.2, 0.25) is 0 Å². The second-order valence-corrected chi connectivity index (χ2v) is 4.43. The first-order valence-corrected chi connectivity index (χ1v) is 6.29. The highest BCUT2D eigenvalue weighted by Crippen LogP contribution is 2.08. The maximum Gasteiger partial charge on any atom is 0.0701 e. The first-order valence-electron chi connectivity index (χ1n) is 6.29. The van der Waals surface area contributed by atoms with Crippen molar-refractivity contribution in [2.45, 2.75) is 0 Å². The third-order valence-electron chi connectivity index (χ3n) is 2.78. The molecule has 3 rings (SSSR count). The van der Waals surface area contributed by atoms with Crippen LogP contribution in [0.15, 0.2) is 72.9 Å². The van der Waals surface area contributed by atoms with Gasteiger partial charge in [-0.05, 0) is 24.3 Å². The van der Waals surface area contributed by atoms with Gasteiger partial charge in [-0.25, -0.2) is 0 Å². The van der Waals surface area contributed by atoms with Crippen molar-refractivity contribution in [1.29, 1.82) is 0 Å². The van der Waals surface area contributed by atoms with E-state index in [9.17, 15) is 0 Å². The number of nitrogens with zero attached hydrogens (tertiary/aromatic N) is 2. The van der Waals surface area contributed by atoms with Gasteiger partial charge in [0.1, 0.15) is 0 Å². The van der Waals surface area contributed by atoms with E-state index in [1.807, 2.05) is 62.8 Å². The molecular weight excluding hydrogens is 232 g/mol. The molecule has 0 aliphatic heterocycles. The first-order chi connectivity index (χ1) is 9.27. The van der Waals surface area contributed by atoms with Crippen molar-refractivity contribution in [3.63, 3.8) is 0 Å². The van der Waals surface area contributed by atoms with Crippen molar-refractivity contribution < 1.29 is 0 Å². The van der Waals surface area contributed by atoms with Crippen molar-refractivity contribution in [2.24, 2.45) is 0 Å². The minimum atomic E-state index is 1.06. The number of pyridine rings is 1. The molecule has 0 bridgehead atoms. The maximum atomic E-state index is 4.18. The molecule has 2 heteroatoms. The van der Waals surface area contributed by atoms with Gasteiger partial charge in [0.2, 0.25) is 0 Å². The van der Waals surface area contributed by atoms with Gasteiger partial charge >= 0.3 is 0 Å². The largest absolute Gasteiger partial charge is 0.378 e. The van der Waals surface area contributed by atoms with Crippen LogP contribution in [0.1, 0.15) is 0 Å². The van der Waals surface area contributed by atoms with Gasteiger partial charge in [-0.15, -0.1) is 0 Å². The summed E-state index contributed by atoms with van der Waals surface area (Å²) < 4.78 is 0. The van der Waals surface area contributed by atoms with Crippen LogP contribution >= 0.6 is 0 Å². The number of fused-ring (bicyclic) bond motifs is 1. The van der Waals surface area contributed by atoms with Gasteiger partial charge < -0.3 is 4.90 Å². The average Bonchev–Trinajstić information content (AvgIpc) is 2.49. The van der Waals surface area contributed by atoms with Gasteiger partial charge in [0.05, 0.1) is 5.52 Å². The second-order valence-electron chi connectivity index (χ2n) is 4.43. The molecule has 0 amide bonds. The standard InChI is InChI=1S/C9H7N.C8H11N/c1-2-6-9-8(4-1)5-3-7-10-9;1-9(2)8-6-4-3-5-7-8/h1-7H;3-7H,1-2H3. The van der Waals surface area contributed by atoms with E-state index in [-0.39, 0.29) is 0 Å². The zero-order chi connectivity index (χ0) is 13.5. The molecule has 0 fully saturated rings. The Kier molecular flexibility index (Phi) is 4.51. The predicted molar refractivity (Wildman–Crippen MR) is 82.5 cm³/mol. The number of aromatic nitrogens is 1. The number of rotatable bonds is 1. The van der Waals surface area contributed by atoms with E-state index in [0.29, 0.717) is 0 Å². The molecule has 0 aliphatic rings. The fraction of sp³-hybridized carbons (Fsp3) is 0.118. The molecule has 3 aromatic rings. The maximum absolute atomic E-state index is 4.18. The molecule has 1 aromatic heterocycles. The van der Waals surface area contributed by atoms with Crippen molar-refractivity contribution in [1.82, 2.24) is 4.98 Å². The number of anilines is 1. The second kappa shape index (κ2) is 6.55. The molecule has 0 radical (unpaired) electrons. The van der Waals surface area contributed by atoms with E-state index in [1.54, 1.807) is 0 Å². The summed E-state index contributed by atoms with van der Waals surface area (Å²) in [6.45, 7) is 0. The van der Waals surface area contributed by atoms with Crippen LogP contribution in [-0.4, -0.2) is 19.1 Å². The fourth-order valence-corrected chi connectivity index (χ4v) is 1.74. The van der Waals surface area contributed by atoms with Crippen LogP contribution in [0, 0.1) is 0 Å². The summed E-state index contributed by atoms with van der Waals surface area (Å²) in [4.78, 5) is 6.26. The molecule has 2 nitrogen and oxygen atoms in total. The Bertz CT molecular complexity index is 553. The molecule has 0 unspecified atom stereocenters. The van der Waals surface area contributed by atoms with Gasteiger partial charge in [-0.3, -0.25) is 4.98 Å². The van der Waals surface area contributed by atoms with Crippen LogP contribution in [0.25, 0.3) is 10.9 Å². The Balaban J connectivity index is 0.000000141. The van der Waals surface area contributed by atoms with E-state index in [1.165, 1.54) is 11.1 Å². The molecule has 2 aromatic carbocycles. The summed E-state index contributed by atoms with van der Waals surface area (Å²) in [5, 5.41) is 1.20. The van der Waals surface area contributed by atoms with Crippen molar-refractivity contribution >= 4 is 16.6 Å². The van der Waals surface area contributed by atoms with E-state index < -0.39 is 0 Å². The lowest BCUT2D eigenvalue weighted by Gasteiger charge is -2.10. The lowest BCUT2D eigenvalue weighted by molar-refractivity contribution is 1.13. The number of benzene rings is 2. The Morgan fingerprint density at radius 3 is 2.00 bits per heavy atom. The number of hydrogen-bond acceptors (Lipinski definition) is 2. The molecule has 0 spiro atoms. The highest BCUT2D eigenvalue weighted by molar-refractivity contribution is 5.77. The molecule has 0 saturated heterocycles. The number of hydrogen-bond donors (Lipinski definition) is 0. The molecule has 0 N–H and O–H groups in total. The predicted octanol–water partition coefficient (Wildman–Crippen LogP) is 3.99. The van der Waals surface area contributed by atoms with Crippen LogP contribution in [0.5, 0.6) is 0 Å². The Morgan fingerprint density at radius 2 is 1.37 bits per heavy atom. The summed E-state index contributed by atoms with van der Waals surface area (Å²) in [5.41, 5.74) is 2.31. The van der Waals surface area contributed by atoms with Gasteiger partial charge in [-0.1, -0.05) is 42.5 Å². The Hall–Kier alpha value is -2.35. The zero-order valence-electron chi connectivity index (χ0n) is 11.3. The highest BCUT2D eigenvalue weighted by atomic mass is 15.1. The van der Waals surface area contributed by atoms with Crippen molar-refractivity contribution in [3.8, 4) is 0 Å². The normalized spacial score (nSPS) is 9.58. The summed E-state index contributed by atoms with van der Waals surface area (Å²) in [6.07, 6.45) is 1.81. The molecule has 19 heavy (non-hydrogen) atoms. The monoisotopic (exact) mass is 250 g/mol. The summed E-state index contributed by atoms with van der Waals surface area (Å²) in [7, 11) is 4.07. The van der Waals surface area contributed by atoms with Crippen LogP contribution in [0.4, 0.5) is 5.69 Å². The lowest BCUT2D eigenvalue weighted by Crippen LogP contribution is -2.07. The van der Waals surface area contributed by atoms with E-state index in [4.69, 9.17) is 0 Å². The summed E-state index contributed by atoms with van der Waals surface area (Å²) in [6, 6.07) is 22.3. The topological polar surface area (TPSA) is 16.1 Å². The average molecular weight is 250 g/mol. The van der Waals surface area contributed by atoms with E-state index in [0.717, 1.165) is 5.52 Å². The van der Waals surface area contributed by atoms with Crippen molar-refractivity contribution in [2.75, 3.05) is 19.0 Å². The smallest absolute Gasteiger partial charge is 0.0701 e. The Morgan fingerprint density at radius 1 is 0.737 bits per heavy atom. The third kappa shape index (κ3) is 3.81. The van der Waals surface area contributed by atoms with Gasteiger partial charge in [-0.2, -0.15) is 0 Å². The molecular formula is C17H18N2. The molecule has 96 valence electrons. The molecule has 0 aliphatic carbocycles.